The normalized spacial score (nSPS) is 16.0. The molecular weight excluding hydrogens is 318 g/mol. The quantitative estimate of drug-likeness (QED) is 0.637. The second-order valence-corrected chi connectivity index (χ2v) is 5.75. The van der Waals surface area contributed by atoms with Gasteiger partial charge in [-0.25, -0.2) is 0 Å². The van der Waals surface area contributed by atoms with Crippen molar-refractivity contribution >= 4 is 23.4 Å². The molecule has 2 aromatic rings. The number of esters is 1. The van der Waals surface area contributed by atoms with Gasteiger partial charge >= 0.3 is 5.97 Å². The first-order chi connectivity index (χ1) is 11.1. The van der Waals surface area contributed by atoms with E-state index in [4.69, 9.17) is 21.1 Å². The molecule has 6 heteroatoms. The Kier molecular flexibility index (Phi) is 4.13. The second kappa shape index (κ2) is 6.08. The third-order valence-corrected chi connectivity index (χ3v) is 4.42. The number of benzene rings is 1. The van der Waals surface area contributed by atoms with Gasteiger partial charge < -0.3 is 14.0 Å². The lowest BCUT2D eigenvalue weighted by Gasteiger charge is -2.07. The molecule has 0 aliphatic carbocycles. The highest BCUT2D eigenvalue weighted by atomic mass is 35.5. The number of rotatable bonds is 4. The molecular formula is C17H16ClNO4. The highest BCUT2D eigenvalue weighted by Crippen LogP contribution is 2.36. The Morgan fingerprint density at radius 2 is 1.91 bits per heavy atom. The number of hydrogen-bond acceptors (Lipinski definition) is 4. The number of carbonyl (C=O) groups excluding carboxylic acids is 2. The van der Waals surface area contributed by atoms with E-state index in [1.165, 1.54) is 7.11 Å². The van der Waals surface area contributed by atoms with E-state index in [2.05, 4.69) is 0 Å². The number of halogens is 1. The number of nitrogens with zero attached hydrogens (tertiary/aromatic N) is 1. The highest BCUT2D eigenvalue weighted by molar-refractivity contribution is 6.35. The first kappa shape index (κ1) is 15.6. The van der Waals surface area contributed by atoms with Gasteiger partial charge in [-0.05, 0) is 36.8 Å². The average molecular weight is 334 g/mol. The van der Waals surface area contributed by atoms with Crippen LogP contribution in [-0.4, -0.2) is 30.5 Å². The maximum Gasteiger partial charge on any atom is 0.314 e. The molecule has 5 nitrogen and oxygen atoms in total. The standard InChI is InChI=1S/C17H16ClNO4/c1-22-11-5-3-10(4-6-11)16(20)15-13(18)9-14-12(17(21)23-2)7-8-19(14)15/h3-6,9,12H,7-8H2,1-2H3. The van der Waals surface area contributed by atoms with Crippen molar-refractivity contribution in [2.24, 2.45) is 0 Å². The number of hydrogen-bond donors (Lipinski definition) is 0. The van der Waals surface area contributed by atoms with Gasteiger partial charge in [-0.15, -0.1) is 0 Å². The molecule has 2 heterocycles. The summed E-state index contributed by atoms with van der Waals surface area (Å²) in [5, 5.41) is 0.356. The van der Waals surface area contributed by atoms with E-state index < -0.39 is 0 Å². The maximum absolute atomic E-state index is 12.8. The summed E-state index contributed by atoms with van der Waals surface area (Å²) < 4.78 is 11.7. The molecule has 0 bridgehead atoms. The van der Waals surface area contributed by atoms with Crippen LogP contribution in [0, 0.1) is 0 Å². The summed E-state index contributed by atoms with van der Waals surface area (Å²) in [5.74, 6) is -0.163. The summed E-state index contributed by atoms with van der Waals surface area (Å²) in [6.07, 6.45) is 0.613. The minimum Gasteiger partial charge on any atom is -0.497 e. The van der Waals surface area contributed by atoms with Crippen molar-refractivity contribution in [2.75, 3.05) is 14.2 Å². The Balaban J connectivity index is 1.97. The zero-order valence-electron chi connectivity index (χ0n) is 12.8. The summed E-state index contributed by atoms with van der Waals surface area (Å²) in [6, 6.07) is 8.54. The maximum atomic E-state index is 12.8. The van der Waals surface area contributed by atoms with Crippen LogP contribution in [0.3, 0.4) is 0 Å². The molecule has 1 unspecified atom stereocenters. The summed E-state index contributed by atoms with van der Waals surface area (Å²) >= 11 is 6.26. The third kappa shape index (κ3) is 2.61. The van der Waals surface area contributed by atoms with Gasteiger partial charge in [0.25, 0.3) is 0 Å². The lowest BCUT2D eigenvalue weighted by molar-refractivity contribution is -0.142. The van der Waals surface area contributed by atoms with Crippen LogP contribution in [0.4, 0.5) is 0 Å². The topological polar surface area (TPSA) is 57.5 Å². The molecule has 0 fully saturated rings. The lowest BCUT2D eigenvalue weighted by atomic mass is 10.1. The summed E-state index contributed by atoms with van der Waals surface area (Å²) in [5.41, 5.74) is 1.67. The summed E-state index contributed by atoms with van der Waals surface area (Å²) in [7, 11) is 2.93. The molecule has 23 heavy (non-hydrogen) atoms. The predicted molar refractivity (Wildman–Crippen MR) is 85.2 cm³/mol. The molecule has 0 N–H and O–H groups in total. The average Bonchev–Trinajstić information content (AvgIpc) is 3.11. The first-order valence-electron chi connectivity index (χ1n) is 7.22. The van der Waals surface area contributed by atoms with E-state index in [1.807, 2.05) is 4.57 Å². The number of fused-ring (bicyclic) bond motifs is 1. The molecule has 0 amide bonds. The summed E-state index contributed by atoms with van der Waals surface area (Å²) in [4.78, 5) is 24.6. The highest BCUT2D eigenvalue weighted by Gasteiger charge is 2.34. The van der Waals surface area contributed by atoms with Crippen LogP contribution in [0.1, 0.15) is 34.1 Å². The zero-order chi connectivity index (χ0) is 16.6. The van der Waals surface area contributed by atoms with Gasteiger partial charge in [-0.1, -0.05) is 11.6 Å². The molecule has 0 radical (unpaired) electrons. The van der Waals surface area contributed by atoms with E-state index in [0.29, 0.717) is 35.0 Å². The lowest BCUT2D eigenvalue weighted by Crippen LogP contribution is -2.11. The van der Waals surface area contributed by atoms with E-state index >= 15 is 0 Å². The fourth-order valence-corrected chi connectivity index (χ4v) is 3.26. The zero-order valence-corrected chi connectivity index (χ0v) is 13.6. The van der Waals surface area contributed by atoms with Gasteiger partial charge in [0.2, 0.25) is 5.78 Å². The van der Waals surface area contributed by atoms with Crippen molar-refractivity contribution in [3.05, 3.63) is 52.3 Å². The Morgan fingerprint density at radius 3 is 2.52 bits per heavy atom. The summed E-state index contributed by atoms with van der Waals surface area (Å²) in [6.45, 7) is 0.569. The van der Waals surface area contributed by atoms with Gasteiger partial charge in [-0.3, -0.25) is 9.59 Å². The van der Waals surface area contributed by atoms with E-state index in [-0.39, 0.29) is 17.7 Å². The van der Waals surface area contributed by atoms with E-state index in [0.717, 1.165) is 5.69 Å². The van der Waals surface area contributed by atoms with Gasteiger partial charge in [0.15, 0.2) is 0 Å². The molecule has 1 atom stereocenters. The van der Waals surface area contributed by atoms with Crippen molar-refractivity contribution in [1.29, 1.82) is 0 Å². The molecule has 0 spiro atoms. The number of ketones is 1. The van der Waals surface area contributed by atoms with Crippen molar-refractivity contribution in [3.63, 3.8) is 0 Å². The Morgan fingerprint density at radius 1 is 1.22 bits per heavy atom. The molecule has 1 aliphatic rings. The first-order valence-corrected chi connectivity index (χ1v) is 7.60. The second-order valence-electron chi connectivity index (χ2n) is 5.34. The Hall–Kier alpha value is -2.27. The molecule has 0 saturated carbocycles. The molecule has 3 rings (SSSR count). The third-order valence-electron chi connectivity index (χ3n) is 4.13. The number of carbonyl (C=O) groups is 2. The minimum atomic E-state index is -0.366. The molecule has 120 valence electrons. The Bertz CT molecular complexity index is 764. The SMILES string of the molecule is COC(=O)C1CCn2c1cc(Cl)c2C(=O)c1ccc(OC)cc1. The number of methoxy groups -OCH3 is 2. The van der Waals surface area contributed by atoms with Crippen LogP contribution in [0.15, 0.2) is 30.3 Å². The fourth-order valence-electron chi connectivity index (χ4n) is 2.96. The molecule has 1 aromatic heterocycles. The fraction of sp³-hybridized carbons (Fsp3) is 0.294. The van der Waals surface area contributed by atoms with Crippen LogP contribution >= 0.6 is 11.6 Å². The molecule has 1 aliphatic heterocycles. The largest absolute Gasteiger partial charge is 0.497 e. The number of aromatic nitrogens is 1. The smallest absolute Gasteiger partial charge is 0.314 e. The van der Waals surface area contributed by atoms with Crippen molar-refractivity contribution < 1.29 is 19.1 Å². The van der Waals surface area contributed by atoms with Crippen molar-refractivity contribution in [2.45, 2.75) is 18.9 Å². The molecule has 1 aromatic carbocycles. The van der Waals surface area contributed by atoms with E-state index in [1.54, 1.807) is 37.4 Å². The van der Waals surface area contributed by atoms with Gasteiger partial charge in [0.05, 0.1) is 25.2 Å². The van der Waals surface area contributed by atoms with Gasteiger partial charge in [-0.2, -0.15) is 0 Å². The van der Waals surface area contributed by atoms with Crippen molar-refractivity contribution in [1.82, 2.24) is 4.57 Å². The monoisotopic (exact) mass is 333 g/mol. The molecule has 0 saturated heterocycles. The Labute approximate surface area is 138 Å². The van der Waals surface area contributed by atoms with Crippen LogP contribution in [0.2, 0.25) is 5.02 Å². The number of ether oxygens (including phenoxy) is 2. The van der Waals surface area contributed by atoms with Crippen LogP contribution in [0.5, 0.6) is 5.75 Å². The van der Waals surface area contributed by atoms with Crippen LogP contribution in [-0.2, 0) is 16.1 Å². The minimum absolute atomic E-state index is 0.172. The van der Waals surface area contributed by atoms with E-state index in [9.17, 15) is 9.59 Å². The van der Waals surface area contributed by atoms with Crippen molar-refractivity contribution in [3.8, 4) is 5.75 Å². The van der Waals surface area contributed by atoms with Gasteiger partial charge in [0.1, 0.15) is 11.4 Å². The predicted octanol–water partition coefficient (Wildman–Crippen LogP) is 3.04. The van der Waals surface area contributed by atoms with Crippen LogP contribution in [0.25, 0.3) is 0 Å². The van der Waals surface area contributed by atoms with Gasteiger partial charge in [0, 0.05) is 17.8 Å². The van der Waals surface area contributed by atoms with Crippen LogP contribution < -0.4 is 4.74 Å².